The fraction of sp³-hybridized carbons (Fsp3) is 0.299. The highest BCUT2D eigenvalue weighted by Gasteiger charge is 2.52. The zero-order valence-corrected chi connectivity index (χ0v) is 57.6. The number of carbonyl (C=O) groups is 3. The normalized spacial score (nSPS) is 15.4. The summed E-state index contributed by atoms with van der Waals surface area (Å²) in [5.41, 5.74) is -0.119. The van der Waals surface area contributed by atoms with Crippen molar-refractivity contribution >= 4 is 134 Å². The van der Waals surface area contributed by atoms with Crippen LogP contribution in [0.4, 0.5) is 40.3 Å². The number of aromatic amines is 1. The summed E-state index contributed by atoms with van der Waals surface area (Å²) in [6.07, 6.45) is 6.04. The first-order valence-corrected chi connectivity index (χ1v) is 35.4. The number of H-pyrrole nitrogens is 1. The summed E-state index contributed by atoms with van der Waals surface area (Å²) in [5, 5.41) is 0.487. The number of hydrogen-bond acceptors (Lipinski definition) is 15. The number of nitrogens with one attached hydrogen (secondary N) is 3. The van der Waals surface area contributed by atoms with Gasteiger partial charge in [-0.05, 0) is 131 Å². The fourth-order valence-corrected chi connectivity index (χ4v) is 13.9. The fourth-order valence-electron chi connectivity index (χ4n) is 10.8. The van der Waals surface area contributed by atoms with E-state index in [4.69, 9.17) is 42.0 Å². The van der Waals surface area contributed by atoms with Gasteiger partial charge in [0.1, 0.15) is 22.9 Å². The minimum atomic E-state index is -3.98. The highest BCUT2D eigenvalue weighted by molar-refractivity contribution is 9.10. The van der Waals surface area contributed by atoms with Crippen molar-refractivity contribution in [3.05, 3.63) is 194 Å². The molecule has 0 aliphatic carbocycles. The number of benzene rings is 5. The molecule has 3 fully saturated rings. The van der Waals surface area contributed by atoms with E-state index in [1.807, 2.05) is 52.0 Å². The lowest BCUT2D eigenvalue weighted by atomic mass is 9.79. The molecule has 0 bridgehead atoms. The van der Waals surface area contributed by atoms with Crippen LogP contribution in [0.15, 0.2) is 132 Å². The number of morpholine rings is 2. The maximum absolute atomic E-state index is 15.7. The second-order valence-corrected chi connectivity index (χ2v) is 29.1. The smallest absolute Gasteiger partial charge is 0.399 e. The molecule has 510 valence electrons. The molecule has 19 nitrogen and oxygen atoms in total. The molecule has 3 N–H and O–H groups in total. The van der Waals surface area contributed by atoms with Crippen LogP contribution >= 0.6 is 39.1 Å². The number of fused-ring (bicyclic) bond motifs is 2. The van der Waals surface area contributed by atoms with Crippen LogP contribution in [0.1, 0.15) is 101 Å². The molecule has 0 atom stereocenters. The maximum atomic E-state index is 15.7. The van der Waals surface area contributed by atoms with Gasteiger partial charge in [0.2, 0.25) is 31.6 Å². The first kappa shape index (κ1) is 71.1. The Morgan fingerprint density at radius 3 is 1.62 bits per heavy atom. The number of nitrogens with zero attached hydrogens (tertiary/aromatic N) is 5. The van der Waals surface area contributed by atoms with E-state index in [9.17, 15) is 35.6 Å². The van der Waals surface area contributed by atoms with Crippen LogP contribution in [0.25, 0.3) is 33.2 Å². The number of hydrogen-bond donors (Lipinski definition) is 3. The number of rotatable bonds is 17. The Hall–Kier alpha value is -7.73. The van der Waals surface area contributed by atoms with Crippen LogP contribution in [0.5, 0.6) is 0 Å². The van der Waals surface area contributed by atoms with Crippen molar-refractivity contribution in [1.82, 2.24) is 19.5 Å². The van der Waals surface area contributed by atoms with Gasteiger partial charge in [-0.1, -0.05) is 71.2 Å². The number of ether oxygens (including phenoxy) is 2. The third-order valence-corrected chi connectivity index (χ3v) is 20.6. The van der Waals surface area contributed by atoms with Gasteiger partial charge in [-0.3, -0.25) is 28.4 Å². The highest BCUT2D eigenvalue weighted by atomic mass is 79.9. The molecule has 9 aromatic rings. The number of pyridine rings is 2. The molecule has 0 amide bonds. The van der Waals surface area contributed by atoms with Gasteiger partial charge in [-0.2, -0.15) is 0 Å². The molecule has 0 spiro atoms. The molecule has 96 heavy (non-hydrogen) atoms. The van der Waals surface area contributed by atoms with E-state index in [2.05, 4.69) is 74.4 Å². The molecule has 0 saturated carbocycles. The third kappa shape index (κ3) is 15.6. The van der Waals surface area contributed by atoms with Gasteiger partial charge in [0, 0.05) is 98.5 Å². The van der Waals surface area contributed by atoms with Crippen molar-refractivity contribution in [3.63, 3.8) is 0 Å². The van der Waals surface area contributed by atoms with E-state index in [0.29, 0.717) is 36.1 Å². The van der Waals surface area contributed by atoms with Crippen LogP contribution in [-0.2, 0) is 38.8 Å². The van der Waals surface area contributed by atoms with Crippen LogP contribution < -0.4 is 24.7 Å². The summed E-state index contributed by atoms with van der Waals surface area (Å²) >= 11 is 16.0. The SMILES string of the molecule is Brc1ccc(N2CCOCC2)cc1.CCCS(=O)(=O)Nc1ccc(F)c(C(=O)c2c[nH]c3ncc(-c4ccc(N5CCOCC5)cc4)cc23)c1F.CCCS(=O)(=O)Nc1ccc(F)c(C(=O)c2cn(C(=O)c3c(Cl)cccc3Cl)c3ncc(B4OC(C)(C)C(C)(C)O4)cc23)c1F.[HH].[HH].[HH]. The monoisotopic (exact) mass is 1460 g/mol. The van der Waals surface area contributed by atoms with Gasteiger partial charge in [0.15, 0.2) is 11.6 Å². The molecular formula is C67H72BBrCl2F4N8O11S2. The van der Waals surface area contributed by atoms with Gasteiger partial charge in [0.05, 0.1) is 92.8 Å². The summed E-state index contributed by atoms with van der Waals surface area (Å²) in [6.45, 7) is 17.4. The molecule has 7 heterocycles. The second-order valence-electron chi connectivity index (χ2n) is 23.7. The predicted molar refractivity (Wildman–Crippen MR) is 375 cm³/mol. The lowest BCUT2D eigenvalue weighted by molar-refractivity contribution is 0.00578. The number of ketones is 2. The van der Waals surface area contributed by atoms with Gasteiger partial charge < -0.3 is 33.6 Å². The molecule has 3 aliphatic rings. The highest BCUT2D eigenvalue weighted by Crippen LogP contribution is 2.38. The minimum Gasteiger partial charge on any atom is -0.399 e. The van der Waals surface area contributed by atoms with Gasteiger partial charge >= 0.3 is 7.12 Å². The van der Waals surface area contributed by atoms with Gasteiger partial charge in [-0.15, -0.1) is 0 Å². The zero-order chi connectivity index (χ0) is 69.0. The summed E-state index contributed by atoms with van der Waals surface area (Å²) in [7, 11) is -8.74. The Kier molecular flexibility index (Phi) is 21.9. The molecule has 4 aromatic heterocycles. The zero-order valence-electron chi connectivity index (χ0n) is 52.9. The summed E-state index contributed by atoms with van der Waals surface area (Å²) < 4.78 is 139. The summed E-state index contributed by atoms with van der Waals surface area (Å²) in [4.78, 5) is 57.3. The number of halogens is 7. The van der Waals surface area contributed by atoms with E-state index < -0.39 is 102 Å². The van der Waals surface area contributed by atoms with Crippen LogP contribution in [-0.4, -0.2) is 136 Å². The minimum absolute atomic E-state index is 0. The molecule has 3 saturated heterocycles. The van der Waals surface area contributed by atoms with E-state index in [1.54, 1.807) is 32.2 Å². The molecular weight excluding hydrogens is 1390 g/mol. The quantitative estimate of drug-likeness (QED) is 0.0437. The topological polar surface area (TPSA) is 233 Å². The Balaban J connectivity index is 0.000000231. The third-order valence-electron chi connectivity index (χ3n) is 16.5. The first-order valence-electron chi connectivity index (χ1n) is 30.5. The largest absolute Gasteiger partial charge is 0.496 e. The number of carbonyl (C=O) groups excluding carboxylic acids is 3. The lowest BCUT2D eigenvalue weighted by Gasteiger charge is -2.32. The van der Waals surface area contributed by atoms with Crippen molar-refractivity contribution < 1.29 is 71.8 Å². The van der Waals surface area contributed by atoms with E-state index in [-0.39, 0.29) is 60.0 Å². The Labute approximate surface area is 575 Å². The van der Waals surface area contributed by atoms with Gasteiger partial charge in [-0.25, -0.2) is 44.4 Å². The van der Waals surface area contributed by atoms with E-state index in [1.165, 1.54) is 36.3 Å². The second kappa shape index (κ2) is 29.5. The van der Waals surface area contributed by atoms with Crippen LogP contribution in [0, 0.1) is 23.3 Å². The molecule has 29 heteroatoms. The standard InChI is InChI=1S/C30H28BCl2F2N3O6S.C27H26F2N4O4S.C10H12BrNO.3H2/c1-6-12-45(41,42)37-22-11-10-21(34)24(25(22)35)26(39)18-15-38(28(40)23-19(32)8-7-9-20(23)33)27-17(18)13-16(14-36-27)31-43-29(2,3)30(4,5)44-31;1-2-13-38(35,36)32-23-8-7-22(28)24(25(23)29)26(34)21-16-31-27-20(21)14-18(15-30-27)17-3-5-19(6-4-17)33-9-11-37-12-10-33;11-9-1-3-10(4-2-9)12-5-7-13-8-6-12;;;/h7-11,13-15,37H,6,12H2,1-5H3;3-8,14-16,32H,2,9-13H2,1H3,(H,30,31);1-4H,5-8H2;3*1H. The Morgan fingerprint density at radius 1 is 0.635 bits per heavy atom. The molecule has 5 aromatic carbocycles. The molecule has 12 rings (SSSR count). The maximum Gasteiger partial charge on any atom is 0.496 e. The van der Waals surface area contributed by atoms with Crippen molar-refractivity contribution in [1.29, 1.82) is 0 Å². The molecule has 0 radical (unpaired) electrons. The van der Waals surface area contributed by atoms with Crippen LogP contribution in [0.2, 0.25) is 10.0 Å². The average Bonchev–Trinajstić information content (AvgIpc) is 1.61. The van der Waals surface area contributed by atoms with E-state index in [0.717, 1.165) is 95.7 Å². The average molecular weight is 1470 g/mol. The Bertz CT molecular complexity index is 4640. The number of sulfonamides is 2. The number of aromatic nitrogens is 4. The van der Waals surface area contributed by atoms with Crippen LogP contribution in [0.3, 0.4) is 0 Å². The van der Waals surface area contributed by atoms with E-state index >= 15 is 13.2 Å². The molecule has 3 aliphatic heterocycles. The summed E-state index contributed by atoms with van der Waals surface area (Å²) in [5.74, 6) is -8.44. The van der Waals surface area contributed by atoms with Crippen molar-refractivity contribution in [2.24, 2.45) is 0 Å². The Morgan fingerprint density at radius 2 is 1.12 bits per heavy atom. The first-order chi connectivity index (χ1) is 45.6. The summed E-state index contributed by atoms with van der Waals surface area (Å²) in [6, 6.07) is 27.5. The van der Waals surface area contributed by atoms with Crippen molar-refractivity contribution in [3.8, 4) is 11.1 Å². The molecule has 0 unspecified atom stereocenters. The van der Waals surface area contributed by atoms with Crippen molar-refractivity contribution in [2.45, 2.75) is 65.6 Å². The predicted octanol–water partition coefficient (Wildman–Crippen LogP) is 13.7. The lowest BCUT2D eigenvalue weighted by Crippen LogP contribution is -2.41. The van der Waals surface area contributed by atoms with Crippen molar-refractivity contribution in [2.75, 3.05) is 83.4 Å². The number of anilines is 4. The van der Waals surface area contributed by atoms with Gasteiger partial charge in [0.25, 0.3) is 5.91 Å².